The van der Waals surface area contributed by atoms with Gasteiger partial charge in [0.1, 0.15) is 12.1 Å². The summed E-state index contributed by atoms with van der Waals surface area (Å²) in [6, 6.07) is 3.98. The molecule has 2 aromatic rings. The van der Waals surface area contributed by atoms with Crippen molar-refractivity contribution >= 4 is 22.6 Å². The zero-order valence-electron chi connectivity index (χ0n) is 7.11. The van der Waals surface area contributed by atoms with Crippen LogP contribution in [0.15, 0.2) is 30.9 Å². The van der Waals surface area contributed by atoms with E-state index in [1.807, 2.05) is 29.8 Å². The first-order chi connectivity index (χ1) is 6.25. The lowest BCUT2D eigenvalue weighted by Crippen LogP contribution is -1.93. The Kier molecular flexibility index (Phi) is 2.30. The largest absolute Gasteiger partial charge is 0.290 e. The average molecular weight is 285 g/mol. The fourth-order valence-electron chi connectivity index (χ4n) is 1.08. The van der Waals surface area contributed by atoms with Gasteiger partial charge in [-0.1, -0.05) is 0 Å². The fraction of sp³-hybridized carbons (Fsp3) is 0.111. The molecule has 0 amide bonds. The van der Waals surface area contributed by atoms with E-state index in [1.54, 1.807) is 12.5 Å². The Morgan fingerprint density at radius 3 is 2.85 bits per heavy atom. The molecule has 0 fully saturated rings. The minimum atomic E-state index is 0.910. The molecule has 0 N–H and O–H groups in total. The van der Waals surface area contributed by atoms with Gasteiger partial charge in [0.05, 0.1) is 5.69 Å². The highest BCUT2D eigenvalue weighted by Gasteiger charge is 1.98. The van der Waals surface area contributed by atoms with E-state index in [4.69, 9.17) is 0 Å². The van der Waals surface area contributed by atoms with E-state index in [-0.39, 0.29) is 0 Å². The number of hydrogen-bond donors (Lipinski definition) is 0. The summed E-state index contributed by atoms with van der Waals surface area (Å²) in [5, 5.41) is 0. The molecule has 0 aliphatic rings. The lowest BCUT2D eigenvalue weighted by molar-refractivity contribution is 0.990. The molecule has 0 unspecified atom stereocenters. The third-order valence-electron chi connectivity index (χ3n) is 1.68. The zero-order valence-corrected chi connectivity index (χ0v) is 9.26. The highest BCUT2D eigenvalue weighted by atomic mass is 127. The van der Waals surface area contributed by atoms with Gasteiger partial charge in [0.15, 0.2) is 0 Å². The van der Waals surface area contributed by atoms with Crippen LogP contribution >= 0.6 is 22.6 Å². The summed E-state index contributed by atoms with van der Waals surface area (Å²) in [5.74, 6) is 0.910. The summed E-state index contributed by atoms with van der Waals surface area (Å²) in [4.78, 5) is 8.38. The van der Waals surface area contributed by atoms with Crippen molar-refractivity contribution in [3.8, 4) is 5.82 Å². The van der Waals surface area contributed by atoms with Crippen LogP contribution in [0.2, 0.25) is 0 Å². The second-order valence-electron chi connectivity index (χ2n) is 2.75. The van der Waals surface area contributed by atoms with E-state index in [9.17, 15) is 0 Å². The number of halogens is 1. The Balaban J connectivity index is 2.46. The number of rotatable bonds is 1. The number of hydrogen-bond acceptors (Lipinski definition) is 2. The summed E-state index contributed by atoms with van der Waals surface area (Å²) < 4.78 is 3.09. The van der Waals surface area contributed by atoms with Gasteiger partial charge in [0.25, 0.3) is 0 Å². The van der Waals surface area contributed by atoms with Gasteiger partial charge >= 0.3 is 0 Å². The topological polar surface area (TPSA) is 30.7 Å². The molecule has 0 aromatic carbocycles. The predicted octanol–water partition coefficient (Wildman–Crippen LogP) is 2.18. The van der Waals surface area contributed by atoms with Crippen molar-refractivity contribution in [1.29, 1.82) is 0 Å². The summed E-state index contributed by atoms with van der Waals surface area (Å²) in [5.41, 5.74) is 1.00. The molecular weight excluding hydrogens is 277 g/mol. The van der Waals surface area contributed by atoms with E-state index in [1.165, 1.54) is 3.57 Å². The van der Waals surface area contributed by atoms with Gasteiger partial charge in [-0.2, -0.15) is 0 Å². The molecule has 66 valence electrons. The van der Waals surface area contributed by atoms with Crippen LogP contribution in [0.1, 0.15) is 5.69 Å². The van der Waals surface area contributed by atoms with Crippen molar-refractivity contribution in [2.24, 2.45) is 0 Å². The maximum Gasteiger partial charge on any atom is 0.138 e. The number of imidazole rings is 1. The van der Waals surface area contributed by atoms with Crippen molar-refractivity contribution in [3.63, 3.8) is 0 Å². The molecule has 2 aromatic heterocycles. The Morgan fingerprint density at radius 2 is 2.23 bits per heavy atom. The first-order valence-corrected chi connectivity index (χ1v) is 4.96. The van der Waals surface area contributed by atoms with Gasteiger partial charge in [-0.25, -0.2) is 9.97 Å². The highest BCUT2D eigenvalue weighted by molar-refractivity contribution is 14.1. The van der Waals surface area contributed by atoms with Crippen LogP contribution in [-0.2, 0) is 0 Å². The molecule has 0 aliphatic carbocycles. The molecule has 2 rings (SSSR count). The van der Waals surface area contributed by atoms with E-state index in [0.717, 1.165) is 11.5 Å². The molecule has 2 heterocycles. The first kappa shape index (κ1) is 8.68. The molecule has 0 bridgehead atoms. The summed E-state index contributed by atoms with van der Waals surface area (Å²) in [6.45, 7) is 1.96. The molecule has 0 saturated heterocycles. The normalized spacial score (nSPS) is 10.3. The molecule has 0 saturated carbocycles. The smallest absolute Gasteiger partial charge is 0.138 e. The van der Waals surface area contributed by atoms with Gasteiger partial charge in [0.2, 0.25) is 0 Å². The van der Waals surface area contributed by atoms with Crippen molar-refractivity contribution in [2.45, 2.75) is 6.92 Å². The van der Waals surface area contributed by atoms with Gasteiger partial charge in [0, 0.05) is 16.0 Å². The van der Waals surface area contributed by atoms with Crippen molar-refractivity contribution in [2.75, 3.05) is 0 Å². The van der Waals surface area contributed by atoms with Crippen LogP contribution in [0.4, 0.5) is 0 Å². The van der Waals surface area contributed by atoms with Gasteiger partial charge in [-0.05, 0) is 41.6 Å². The maximum atomic E-state index is 4.24. The number of aryl methyl sites for hydroxylation is 1. The Labute approximate surface area is 90.0 Å². The minimum Gasteiger partial charge on any atom is -0.290 e. The second kappa shape index (κ2) is 3.45. The van der Waals surface area contributed by atoms with Gasteiger partial charge < -0.3 is 0 Å². The molecule has 0 spiro atoms. The Hall–Kier alpha value is -0.910. The van der Waals surface area contributed by atoms with E-state index < -0.39 is 0 Å². The van der Waals surface area contributed by atoms with E-state index in [2.05, 4.69) is 32.6 Å². The van der Waals surface area contributed by atoms with Crippen molar-refractivity contribution in [3.05, 3.63) is 40.1 Å². The van der Waals surface area contributed by atoms with Crippen LogP contribution < -0.4 is 0 Å². The average Bonchev–Trinajstić information content (AvgIpc) is 2.52. The maximum absolute atomic E-state index is 4.24. The Morgan fingerprint density at radius 1 is 1.38 bits per heavy atom. The molecule has 4 heteroatoms. The van der Waals surface area contributed by atoms with Crippen LogP contribution in [0, 0.1) is 10.5 Å². The standard InChI is InChI=1S/C9H8IN3/c1-7-5-13(6-12-7)9-4-8(10)2-3-11-9/h2-6H,1H3. The molecule has 0 radical (unpaired) electrons. The monoisotopic (exact) mass is 285 g/mol. The van der Waals surface area contributed by atoms with Gasteiger partial charge in [-0.3, -0.25) is 4.57 Å². The van der Waals surface area contributed by atoms with Crippen LogP contribution in [-0.4, -0.2) is 14.5 Å². The third-order valence-corrected chi connectivity index (χ3v) is 2.35. The molecule has 13 heavy (non-hydrogen) atoms. The van der Waals surface area contributed by atoms with E-state index in [0.29, 0.717) is 0 Å². The van der Waals surface area contributed by atoms with Gasteiger partial charge in [-0.15, -0.1) is 0 Å². The third kappa shape index (κ3) is 1.88. The predicted molar refractivity (Wildman–Crippen MR) is 58.8 cm³/mol. The molecular formula is C9H8IN3. The SMILES string of the molecule is Cc1cn(-c2cc(I)ccn2)cn1. The molecule has 3 nitrogen and oxygen atoms in total. The summed E-state index contributed by atoms with van der Waals surface area (Å²) in [6.07, 6.45) is 5.53. The van der Waals surface area contributed by atoms with Crippen LogP contribution in [0.3, 0.4) is 0 Å². The summed E-state index contributed by atoms with van der Waals surface area (Å²) in [7, 11) is 0. The zero-order chi connectivity index (χ0) is 9.26. The fourth-order valence-corrected chi connectivity index (χ4v) is 1.52. The lowest BCUT2D eigenvalue weighted by Gasteiger charge is -1.99. The molecule has 0 atom stereocenters. The summed E-state index contributed by atoms with van der Waals surface area (Å²) >= 11 is 2.27. The van der Waals surface area contributed by atoms with E-state index >= 15 is 0 Å². The first-order valence-electron chi connectivity index (χ1n) is 3.88. The van der Waals surface area contributed by atoms with Crippen LogP contribution in [0.5, 0.6) is 0 Å². The molecule has 0 aliphatic heterocycles. The lowest BCUT2D eigenvalue weighted by atomic mass is 10.4. The quantitative estimate of drug-likeness (QED) is 0.752. The number of aromatic nitrogens is 3. The van der Waals surface area contributed by atoms with Crippen LogP contribution in [0.25, 0.3) is 5.82 Å². The van der Waals surface area contributed by atoms with Crippen molar-refractivity contribution < 1.29 is 0 Å². The highest BCUT2D eigenvalue weighted by Crippen LogP contribution is 2.09. The number of nitrogens with zero attached hydrogens (tertiary/aromatic N) is 3. The minimum absolute atomic E-state index is 0.910. The number of pyridine rings is 1. The van der Waals surface area contributed by atoms with Crippen molar-refractivity contribution in [1.82, 2.24) is 14.5 Å². The Bertz CT molecular complexity index is 422. The second-order valence-corrected chi connectivity index (χ2v) is 4.00.